The quantitative estimate of drug-likeness (QED) is 0.455. The summed E-state index contributed by atoms with van der Waals surface area (Å²) >= 11 is 0. The largest absolute Gasteiger partial charge is 0.497 e. The average Bonchev–Trinajstić information content (AvgIpc) is 3.02. The lowest BCUT2D eigenvalue weighted by Crippen LogP contribution is -2.54. The van der Waals surface area contributed by atoms with E-state index in [2.05, 4.69) is 46.2 Å². The normalized spacial score (nSPS) is 20.9. The number of anilines is 1. The molecule has 6 rings (SSSR count). The van der Waals surface area contributed by atoms with Crippen LogP contribution >= 0.6 is 0 Å². The first-order valence-corrected chi connectivity index (χ1v) is 14.3. The minimum absolute atomic E-state index is 0.0407. The molecule has 1 saturated heterocycles. The third-order valence-electron chi connectivity index (χ3n) is 8.20. The summed E-state index contributed by atoms with van der Waals surface area (Å²) in [6.45, 7) is 4.35. The van der Waals surface area contributed by atoms with Crippen molar-refractivity contribution >= 4 is 11.6 Å². The molecule has 0 bridgehead atoms. The zero-order valence-electron chi connectivity index (χ0n) is 23.1. The van der Waals surface area contributed by atoms with Crippen molar-refractivity contribution in [3.63, 3.8) is 0 Å². The minimum Gasteiger partial charge on any atom is -0.497 e. The van der Waals surface area contributed by atoms with Crippen molar-refractivity contribution in [2.75, 3.05) is 44.7 Å². The van der Waals surface area contributed by atoms with Crippen LogP contribution in [0.2, 0.25) is 0 Å². The Labute approximate surface area is 236 Å². The van der Waals surface area contributed by atoms with Gasteiger partial charge in [0.25, 0.3) is 5.91 Å². The Morgan fingerprint density at radius 3 is 2.52 bits per heavy atom. The molecule has 0 saturated carbocycles. The number of amides is 1. The number of hydrogen-bond acceptors (Lipinski definition) is 6. The van der Waals surface area contributed by atoms with E-state index in [-0.39, 0.29) is 11.9 Å². The number of ether oxygens (including phenoxy) is 3. The number of benzene rings is 2. The van der Waals surface area contributed by atoms with E-state index in [1.165, 1.54) is 11.1 Å². The van der Waals surface area contributed by atoms with E-state index in [1.807, 2.05) is 35.2 Å². The van der Waals surface area contributed by atoms with Crippen LogP contribution in [0.3, 0.4) is 0 Å². The topological polar surface area (TPSA) is 54.5 Å². The van der Waals surface area contributed by atoms with E-state index in [0.29, 0.717) is 5.56 Å². The van der Waals surface area contributed by atoms with Crippen molar-refractivity contribution in [1.29, 1.82) is 0 Å². The van der Waals surface area contributed by atoms with Gasteiger partial charge in [-0.25, -0.2) is 0 Å². The Morgan fingerprint density at radius 1 is 0.975 bits per heavy atom. The van der Waals surface area contributed by atoms with Gasteiger partial charge in [-0.05, 0) is 61.6 Å². The van der Waals surface area contributed by atoms with E-state index in [4.69, 9.17) is 14.2 Å². The van der Waals surface area contributed by atoms with Crippen LogP contribution in [-0.4, -0.2) is 61.6 Å². The number of allylic oxidation sites excluding steroid dienone is 4. The first-order valence-electron chi connectivity index (χ1n) is 14.3. The number of aryl methyl sites for hydroxylation is 1. The van der Waals surface area contributed by atoms with Crippen LogP contribution in [0, 0.1) is 0 Å². The number of para-hydroxylation sites is 1. The highest BCUT2D eigenvalue weighted by molar-refractivity contribution is 6.07. The third kappa shape index (κ3) is 5.80. The maximum atomic E-state index is 13.8. The second kappa shape index (κ2) is 12.0. The van der Waals surface area contributed by atoms with Crippen molar-refractivity contribution < 1.29 is 19.0 Å². The number of rotatable bonds is 7. The average molecular weight is 540 g/mol. The van der Waals surface area contributed by atoms with Gasteiger partial charge in [-0.3, -0.25) is 9.69 Å². The van der Waals surface area contributed by atoms with Gasteiger partial charge in [-0.15, -0.1) is 0 Å². The molecule has 0 N–H and O–H groups in total. The van der Waals surface area contributed by atoms with E-state index < -0.39 is 0 Å². The van der Waals surface area contributed by atoms with Gasteiger partial charge in [0.1, 0.15) is 17.8 Å². The molecule has 2 aromatic carbocycles. The Bertz CT molecular complexity index is 1340. The highest BCUT2D eigenvalue weighted by Crippen LogP contribution is 2.33. The third-order valence-corrected chi connectivity index (χ3v) is 8.20. The van der Waals surface area contributed by atoms with Crippen LogP contribution in [-0.2, 0) is 15.9 Å². The summed E-state index contributed by atoms with van der Waals surface area (Å²) in [4.78, 5) is 20.6. The zero-order chi connectivity index (χ0) is 27.3. The molecule has 1 aliphatic carbocycles. The first kappa shape index (κ1) is 26.3. The second-order valence-corrected chi connectivity index (χ2v) is 10.8. The molecule has 4 aliphatic rings. The highest BCUT2D eigenvalue weighted by atomic mass is 16.6. The number of fused-ring (bicyclic) bond motifs is 1. The molecule has 3 heterocycles. The van der Waals surface area contributed by atoms with Crippen LogP contribution in [0.1, 0.15) is 41.6 Å². The number of hydrogen-bond donors (Lipinski definition) is 0. The molecule has 40 heavy (non-hydrogen) atoms. The summed E-state index contributed by atoms with van der Waals surface area (Å²) in [5, 5.41) is 0. The lowest BCUT2D eigenvalue weighted by Gasteiger charge is -2.42. The fourth-order valence-corrected chi connectivity index (χ4v) is 5.94. The van der Waals surface area contributed by atoms with Crippen LogP contribution < -0.4 is 9.64 Å². The molecule has 208 valence electrons. The van der Waals surface area contributed by atoms with Gasteiger partial charge in [-0.2, -0.15) is 0 Å². The van der Waals surface area contributed by atoms with Crippen LogP contribution in [0.25, 0.3) is 0 Å². The molecule has 7 heteroatoms. The molecule has 0 radical (unpaired) electrons. The summed E-state index contributed by atoms with van der Waals surface area (Å²) in [6, 6.07) is 15.8. The van der Waals surface area contributed by atoms with Crippen LogP contribution in [0.5, 0.6) is 5.75 Å². The maximum Gasteiger partial charge on any atom is 0.258 e. The van der Waals surface area contributed by atoms with Gasteiger partial charge in [0.05, 0.1) is 13.2 Å². The van der Waals surface area contributed by atoms with Crippen LogP contribution in [0.4, 0.5) is 5.69 Å². The molecule has 0 spiro atoms. The van der Waals surface area contributed by atoms with Gasteiger partial charge in [0.2, 0.25) is 5.88 Å². The first-order chi connectivity index (χ1) is 19.7. The van der Waals surface area contributed by atoms with Crippen molar-refractivity contribution in [3.05, 3.63) is 108 Å². The predicted octanol–water partition coefficient (Wildman–Crippen LogP) is 5.63. The molecular weight excluding hydrogens is 502 g/mol. The summed E-state index contributed by atoms with van der Waals surface area (Å²) < 4.78 is 17.2. The Hall–Kier alpha value is -3.97. The molecule has 1 unspecified atom stereocenters. The molecule has 1 amide bonds. The van der Waals surface area contributed by atoms with Gasteiger partial charge in [-0.1, -0.05) is 42.0 Å². The van der Waals surface area contributed by atoms with E-state index in [9.17, 15) is 4.79 Å². The number of nitrogens with zero attached hydrogens (tertiary/aromatic N) is 3. The predicted molar refractivity (Wildman–Crippen MR) is 156 cm³/mol. The van der Waals surface area contributed by atoms with Crippen molar-refractivity contribution in [1.82, 2.24) is 9.80 Å². The molecule has 1 fully saturated rings. The number of carbonyl (C=O) groups excluding carboxylic acids is 1. The van der Waals surface area contributed by atoms with Crippen LogP contribution in [0.15, 0.2) is 96.5 Å². The lowest BCUT2D eigenvalue weighted by molar-refractivity contribution is 0.0777. The number of piperazine rings is 1. The summed E-state index contributed by atoms with van der Waals surface area (Å²) in [5.74, 6) is 2.41. The number of carbonyl (C=O) groups is 1. The molecule has 2 aromatic rings. The van der Waals surface area contributed by atoms with Gasteiger partial charge < -0.3 is 24.0 Å². The lowest BCUT2D eigenvalue weighted by atomic mass is 9.94. The fraction of sp³-hybridized carbons (Fsp3) is 0.364. The van der Waals surface area contributed by atoms with E-state index in [0.717, 1.165) is 87.9 Å². The highest BCUT2D eigenvalue weighted by Gasteiger charge is 2.34. The van der Waals surface area contributed by atoms with Crippen molar-refractivity contribution in [2.24, 2.45) is 0 Å². The maximum absolute atomic E-state index is 13.8. The fourth-order valence-electron chi connectivity index (χ4n) is 5.94. The van der Waals surface area contributed by atoms with E-state index >= 15 is 0 Å². The second-order valence-electron chi connectivity index (χ2n) is 10.8. The Kier molecular flexibility index (Phi) is 7.91. The SMILES string of the molecule is COc1ccc(C(=O)N2c3ccccc3CCC2CN2CCN(C3=COC(CC4=CC=CCC4)=CO3)CC2)cc1. The van der Waals surface area contributed by atoms with E-state index in [1.54, 1.807) is 19.6 Å². The summed E-state index contributed by atoms with van der Waals surface area (Å²) in [5.41, 5.74) is 4.30. The van der Waals surface area contributed by atoms with Crippen molar-refractivity contribution in [3.8, 4) is 5.75 Å². The monoisotopic (exact) mass is 539 g/mol. The van der Waals surface area contributed by atoms with Crippen molar-refractivity contribution in [2.45, 2.75) is 38.1 Å². The summed E-state index contributed by atoms with van der Waals surface area (Å²) in [6.07, 6.45) is 14.9. The molecule has 7 nitrogen and oxygen atoms in total. The smallest absolute Gasteiger partial charge is 0.258 e. The Morgan fingerprint density at radius 2 is 1.80 bits per heavy atom. The zero-order valence-corrected chi connectivity index (χ0v) is 23.1. The van der Waals surface area contributed by atoms with Gasteiger partial charge >= 0.3 is 0 Å². The van der Waals surface area contributed by atoms with Gasteiger partial charge in [0, 0.05) is 50.4 Å². The molecule has 0 aromatic heterocycles. The standard InChI is InChI=1S/C33H37N3O4/c1-38-29-15-12-27(13-16-29)33(37)36-28(14-11-26-9-5-6-10-31(26)36)22-34-17-19-35(20-18-34)32-24-39-30(23-40-32)21-25-7-3-2-4-8-25/h2-3,5-7,9-10,12-13,15-16,23-24,28H,4,8,11,14,17-22H2,1H3. The minimum atomic E-state index is 0.0407. The number of methoxy groups -OCH3 is 1. The molecule has 1 atom stereocenters. The Balaban J connectivity index is 1.07. The summed E-state index contributed by atoms with van der Waals surface area (Å²) in [7, 11) is 1.64. The molecular formula is C33H37N3O4. The van der Waals surface area contributed by atoms with Gasteiger partial charge in [0.15, 0.2) is 6.26 Å². The molecule has 3 aliphatic heterocycles.